The minimum absolute atomic E-state index is 0.0199. The third kappa shape index (κ3) is 4.13. The standard InChI is InChI=1S/C24H24FN7O/c1-14(2)32-13-27-30-23(32)19-5-4-6-22(28-19)29-24(33)17-10-21(15(3)9-18(17)25)31-11-20(26-12-31)16-7-8-16/h4-6,9-14,16H,7-8H2,1-3H3,(H,28,29,33)/i1D3,2D3. The Balaban J connectivity index is 1.43. The Morgan fingerprint density at radius 2 is 2.12 bits per heavy atom. The van der Waals surface area contributed by atoms with Gasteiger partial charge in [-0.25, -0.2) is 14.4 Å². The average Bonchev–Trinajstić information content (AvgIpc) is 3.37. The highest BCUT2D eigenvalue weighted by atomic mass is 19.1. The van der Waals surface area contributed by atoms with E-state index in [1.165, 1.54) is 30.3 Å². The Hall–Kier alpha value is -3.88. The first-order valence-electron chi connectivity index (χ1n) is 13.4. The van der Waals surface area contributed by atoms with E-state index in [4.69, 9.17) is 8.22 Å². The molecular weight excluding hydrogens is 421 g/mol. The molecule has 1 aromatic carbocycles. The molecule has 0 spiro atoms. The van der Waals surface area contributed by atoms with Crippen LogP contribution in [0.1, 0.15) is 68.3 Å². The lowest BCUT2D eigenvalue weighted by Crippen LogP contribution is -2.16. The van der Waals surface area contributed by atoms with Gasteiger partial charge in [0.05, 0.1) is 23.3 Å². The Morgan fingerprint density at radius 3 is 2.91 bits per heavy atom. The number of aryl methyl sites for hydroxylation is 1. The number of anilines is 1. The molecule has 5 rings (SSSR count). The highest BCUT2D eigenvalue weighted by Gasteiger charge is 2.26. The minimum atomic E-state index is -2.89. The van der Waals surface area contributed by atoms with Crippen LogP contribution in [0.4, 0.5) is 10.2 Å². The molecule has 1 amide bonds. The highest BCUT2D eigenvalue weighted by Crippen LogP contribution is 2.39. The van der Waals surface area contributed by atoms with E-state index in [-0.39, 0.29) is 22.9 Å². The Kier molecular flexibility index (Phi) is 3.75. The molecule has 0 atom stereocenters. The summed E-state index contributed by atoms with van der Waals surface area (Å²) in [6, 6.07) is 5.23. The minimum Gasteiger partial charge on any atom is -0.310 e. The summed E-state index contributed by atoms with van der Waals surface area (Å²) in [5.74, 6) is -1.13. The number of amides is 1. The van der Waals surface area contributed by atoms with E-state index in [2.05, 4.69) is 25.5 Å². The summed E-state index contributed by atoms with van der Waals surface area (Å²) >= 11 is 0. The molecule has 0 aliphatic heterocycles. The van der Waals surface area contributed by atoms with Gasteiger partial charge in [0.2, 0.25) is 0 Å². The van der Waals surface area contributed by atoms with Crippen molar-refractivity contribution in [3.63, 3.8) is 0 Å². The first-order valence-corrected chi connectivity index (χ1v) is 10.4. The lowest BCUT2D eigenvalue weighted by atomic mass is 10.1. The smallest absolute Gasteiger partial charge is 0.259 e. The molecular formula is C24H24FN7O. The summed E-state index contributed by atoms with van der Waals surface area (Å²) < 4.78 is 63.9. The van der Waals surface area contributed by atoms with Gasteiger partial charge in [0, 0.05) is 26.4 Å². The number of hydrogen-bond acceptors (Lipinski definition) is 5. The van der Waals surface area contributed by atoms with Crippen molar-refractivity contribution in [2.75, 3.05) is 5.32 Å². The van der Waals surface area contributed by atoms with Crippen LogP contribution >= 0.6 is 0 Å². The van der Waals surface area contributed by atoms with Crippen LogP contribution in [0.25, 0.3) is 17.2 Å². The van der Waals surface area contributed by atoms with Gasteiger partial charge in [-0.3, -0.25) is 4.79 Å². The zero-order chi connectivity index (χ0) is 28.1. The van der Waals surface area contributed by atoms with Gasteiger partial charge in [-0.05, 0) is 63.3 Å². The Morgan fingerprint density at radius 1 is 1.27 bits per heavy atom. The topological polar surface area (TPSA) is 90.5 Å². The Labute approximate surface area is 199 Å². The molecule has 168 valence electrons. The molecule has 9 heteroatoms. The lowest BCUT2D eigenvalue weighted by Gasteiger charge is -2.12. The molecule has 3 heterocycles. The number of carbonyl (C=O) groups excluding carboxylic acids is 1. The fraction of sp³-hybridized carbons (Fsp3) is 0.292. The fourth-order valence-corrected chi connectivity index (χ4v) is 3.60. The number of halogens is 1. The number of nitrogens with zero attached hydrogens (tertiary/aromatic N) is 6. The van der Waals surface area contributed by atoms with E-state index >= 15 is 0 Å². The first-order chi connectivity index (χ1) is 18.3. The SMILES string of the molecule is [2H]C([2H])([2H])C(n1cnnc1-c1cccc(NC(=O)c2cc(-n3cnc(C4CC4)c3)c(C)cc2F)n1)C([2H])([2H])[2H]. The summed E-state index contributed by atoms with van der Waals surface area (Å²) in [6.45, 7) is -4.03. The summed E-state index contributed by atoms with van der Waals surface area (Å²) in [7, 11) is 0. The molecule has 1 N–H and O–H groups in total. The van der Waals surface area contributed by atoms with Crippen molar-refractivity contribution in [1.82, 2.24) is 29.3 Å². The van der Waals surface area contributed by atoms with Crippen molar-refractivity contribution in [2.45, 2.75) is 45.4 Å². The van der Waals surface area contributed by atoms with Gasteiger partial charge < -0.3 is 14.5 Å². The summed E-state index contributed by atoms with van der Waals surface area (Å²) in [5, 5.41) is 10.1. The predicted molar refractivity (Wildman–Crippen MR) is 122 cm³/mol. The predicted octanol–water partition coefficient (Wildman–Crippen LogP) is 4.68. The maximum atomic E-state index is 14.9. The van der Waals surface area contributed by atoms with Crippen LogP contribution in [0.3, 0.4) is 0 Å². The van der Waals surface area contributed by atoms with Crippen LogP contribution in [0.15, 0.2) is 49.2 Å². The second-order valence-corrected chi connectivity index (χ2v) is 7.93. The van der Waals surface area contributed by atoms with Crippen molar-refractivity contribution in [1.29, 1.82) is 0 Å². The number of aromatic nitrogens is 6. The van der Waals surface area contributed by atoms with Gasteiger partial charge in [-0.15, -0.1) is 10.2 Å². The number of pyridine rings is 1. The molecule has 33 heavy (non-hydrogen) atoms. The number of hydrogen-bond donors (Lipinski definition) is 1. The zero-order valence-corrected chi connectivity index (χ0v) is 17.7. The molecule has 0 bridgehead atoms. The quantitative estimate of drug-likeness (QED) is 0.460. The van der Waals surface area contributed by atoms with Gasteiger partial charge in [0.25, 0.3) is 5.91 Å². The van der Waals surface area contributed by atoms with Crippen LogP contribution in [-0.2, 0) is 0 Å². The van der Waals surface area contributed by atoms with Crippen LogP contribution < -0.4 is 5.32 Å². The van der Waals surface area contributed by atoms with Crippen molar-refractivity contribution >= 4 is 11.7 Å². The molecule has 1 saturated carbocycles. The van der Waals surface area contributed by atoms with E-state index in [0.29, 0.717) is 17.2 Å². The van der Waals surface area contributed by atoms with Crippen LogP contribution in [0.2, 0.25) is 0 Å². The molecule has 0 unspecified atom stereocenters. The van der Waals surface area contributed by atoms with E-state index < -0.39 is 31.5 Å². The highest BCUT2D eigenvalue weighted by molar-refractivity contribution is 6.04. The first kappa shape index (κ1) is 15.0. The number of imidazole rings is 1. The van der Waals surface area contributed by atoms with E-state index in [1.807, 2.05) is 6.20 Å². The molecule has 1 aliphatic carbocycles. The molecule has 3 aromatic heterocycles. The van der Waals surface area contributed by atoms with Gasteiger partial charge in [0.1, 0.15) is 23.7 Å². The van der Waals surface area contributed by atoms with E-state index in [9.17, 15) is 9.18 Å². The van der Waals surface area contributed by atoms with Gasteiger partial charge in [-0.2, -0.15) is 0 Å². The fourth-order valence-electron chi connectivity index (χ4n) is 3.60. The number of carbonyl (C=O) groups is 1. The van der Waals surface area contributed by atoms with E-state index in [0.717, 1.165) is 29.4 Å². The largest absolute Gasteiger partial charge is 0.310 e. The second kappa shape index (κ2) is 8.23. The van der Waals surface area contributed by atoms with Crippen molar-refractivity contribution in [2.24, 2.45) is 0 Å². The van der Waals surface area contributed by atoms with Crippen LogP contribution in [-0.4, -0.2) is 35.2 Å². The van der Waals surface area contributed by atoms with Crippen molar-refractivity contribution < 1.29 is 17.4 Å². The summed E-state index contributed by atoms with van der Waals surface area (Å²) in [4.78, 5) is 21.8. The zero-order valence-electron chi connectivity index (χ0n) is 23.7. The number of nitrogens with one attached hydrogen (secondary N) is 1. The maximum Gasteiger partial charge on any atom is 0.259 e. The van der Waals surface area contributed by atoms with Crippen LogP contribution in [0.5, 0.6) is 0 Å². The monoisotopic (exact) mass is 451 g/mol. The second-order valence-electron chi connectivity index (χ2n) is 7.93. The van der Waals surface area contributed by atoms with E-state index in [1.54, 1.807) is 17.8 Å². The third-order valence-electron chi connectivity index (χ3n) is 5.48. The molecule has 8 nitrogen and oxygen atoms in total. The number of rotatable bonds is 6. The molecule has 1 fully saturated rings. The lowest BCUT2D eigenvalue weighted by molar-refractivity contribution is 0.102. The van der Waals surface area contributed by atoms with Crippen molar-refractivity contribution in [3.8, 4) is 17.2 Å². The van der Waals surface area contributed by atoms with Gasteiger partial charge in [0.15, 0.2) is 5.82 Å². The van der Waals surface area contributed by atoms with Crippen molar-refractivity contribution in [3.05, 3.63) is 71.8 Å². The van der Waals surface area contributed by atoms with Crippen LogP contribution in [0, 0.1) is 12.7 Å². The Bertz CT molecular complexity index is 1530. The molecule has 4 aromatic rings. The molecule has 1 aliphatic rings. The molecule has 0 saturated heterocycles. The average molecular weight is 452 g/mol. The number of benzene rings is 1. The summed E-state index contributed by atoms with van der Waals surface area (Å²) in [5.41, 5.74) is 2.05. The summed E-state index contributed by atoms with van der Waals surface area (Å²) in [6.07, 6.45) is 6.71. The van der Waals surface area contributed by atoms with Gasteiger partial charge >= 0.3 is 0 Å². The third-order valence-corrected chi connectivity index (χ3v) is 5.48. The molecule has 0 radical (unpaired) electrons. The van der Waals surface area contributed by atoms with Gasteiger partial charge in [-0.1, -0.05) is 6.07 Å². The normalized spacial score (nSPS) is 16.9. The maximum absolute atomic E-state index is 14.9.